The number of carbonyl (C=O) groups is 2. The number of sulfonamides is 1. The molecule has 3 aromatic rings. The average Bonchev–Trinajstić information content (AvgIpc) is 2.78. The average molecular weight is 443 g/mol. The van der Waals surface area contributed by atoms with E-state index in [9.17, 15) is 18.0 Å². The van der Waals surface area contributed by atoms with Gasteiger partial charge in [0.1, 0.15) is 5.75 Å². The second kappa shape index (κ2) is 9.48. The molecule has 1 N–H and O–H groups in total. The van der Waals surface area contributed by atoms with Crippen LogP contribution in [0.1, 0.15) is 17.3 Å². The Morgan fingerprint density at radius 3 is 2.26 bits per heavy atom. The number of hydrogen-bond donors (Lipinski definition) is 1. The Balaban J connectivity index is 1.88. The Morgan fingerprint density at radius 2 is 1.61 bits per heavy atom. The van der Waals surface area contributed by atoms with Crippen LogP contribution in [0.15, 0.2) is 65.6 Å². The molecule has 0 amide bonds. The minimum absolute atomic E-state index is 0.00403. The number of anilines is 1. The van der Waals surface area contributed by atoms with Crippen LogP contribution >= 0.6 is 0 Å². The molecule has 3 aromatic carbocycles. The summed E-state index contributed by atoms with van der Waals surface area (Å²) in [4.78, 5) is 23.1. The fraction of sp³-hybridized carbons (Fsp3) is 0.182. The number of methoxy groups -OCH3 is 1. The second-order valence-electron chi connectivity index (χ2n) is 6.37. The zero-order valence-electron chi connectivity index (χ0n) is 17.0. The molecule has 0 saturated heterocycles. The van der Waals surface area contributed by atoms with Crippen molar-refractivity contribution in [1.82, 2.24) is 0 Å². The highest BCUT2D eigenvalue weighted by atomic mass is 32.2. The molecule has 8 nitrogen and oxygen atoms in total. The third-order valence-electron chi connectivity index (χ3n) is 4.38. The lowest BCUT2D eigenvalue weighted by Crippen LogP contribution is -2.14. The van der Waals surface area contributed by atoms with Gasteiger partial charge in [-0.2, -0.15) is 0 Å². The van der Waals surface area contributed by atoms with Crippen LogP contribution in [0.25, 0.3) is 10.8 Å². The van der Waals surface area contributed by atoms with Crippen LogP contribution in [0.3, 0.4) is 0 Å². The Hall–Kier alpha value is -3.59. The number of carbonyl (C=O) groups excluding carboxylic acids is 2. The van der Waals surface area contributed by atoms with E-state index in [-0.39, 0.29) is 23.7 Å². The standard InChI is InChI=1S/C22H21NO7S/c1-3-29-22(25)15-8-10-16(11-9-15)31(26,27)23-19-12-13-20(30-14-21(24)28-2)18-7-5-4-6-17(18)19/h4-13,23H,3,14H2,1-2H3. The van der Waals surface area contributed by atoms with Gasteiger partial charge in [-0.15, -0.1) is 0 Å². The third-order valence-corrected chi connectivity index (χ3v) is 5.76. The molecular formula is C22H21NO7S. The molecule has 0 radical (unpaired) electrons. The van der Waals surface area contributed by atoms with Gasteiger partial charge < -0.3 is 14.2 Å². The first-order chi connectivity index (χ1) is 14.9. The van der Waals surface area contributed by atoms with Crippen molar-refractivity contribution in [2.24, 2.45) is 0 Å². The van der Waals surface area contributed by atoms with Crippen LogP contribution in [0, 0.1) is 0 Å². The molecule has 162 valence electrons. The molecule has 0 atom stereocenters. The van der Waals surface area contributed by atoms with E-state index < -0.39 is 22.0 Å². The highest BCUT2D eigenvalue weighted by Gasteiger charge is 2.18. The van der Waals surface area contributed by atoms with Crippen LogP contribution in [0.4, 0.5) is 5.69 Å². The van der Waals surface area contributed by atoms with E-state index in [0.29, 0.717) is 22.2 Å². The summed E-state index contributed by atoms with van der Waals surface area (Å²) >= 11 is 0. The van der Waals surface area contributed by atoms with Gasteiger partial charge in [0, 0.05) is 10.8 Å². The van der Waals surface area contributed by atoms with Crippen molar-refractivity contribution >= 4 is 38.4 Å². The fourth-order valence-electron chi connectivity index (χ4n) is 2.87. The van der Waals surface area contributed by atoms with E-state index in [2.05, 4.69) is 9.46 Å². The van der Waals surface area contributed by atoms with Crippen LogP contribution in [0.2, 0.25) is 0 Å². The molecule has 0 bridgehead atoms. The van der Waals surface area contributed by atoms with Crippen molar-refractivity contribution in [3.05, 3.63) is 66.2 Å². The number of ether oxygens (including phenoxy) is 3. The van der Waals surface area contributed by atoms with Gasteiger partial charge in [0.25, 0.3) is 10.0 Å². The number of fused-ring (bicyclic) bond motifs is 1. The molecule has 0 spiro atoms. The highest BCUT2D eigenvalue weighted by molar-refractivity contribution is 7.92. The molecule has 9 heteroatoms. The quantitative estimate of drug-likeness (QED) is 0.532. The number of benzene rings is 3. The third kappa shape index (κ3) is 5.13. The predicted molar refractivity (Wildman–Crippen MR) is 115 cm³/mol. The van der Waals surface area contributed by atoms with Crippen molar-refractivity contribution in [1.29, 1.82) is 0 Å². The van der Waals surface area contributed by atoms with E-state index in [1.54, 1.807) is 43.3 Å². The van der Waals surface area contributed by atoms with Crippen molar-refractivity contribution in [2.45, 2.75) is 11.8 Å². The summed E-state index contributed by atoms with van der Waals surface area (Å²) in [5.41, 5.74) is 0.605. The Kier molecular flexibility index (Phi) is 6.76. The Bertz CT molecular complexity index is 1200. The first-order valence-corrected chi connectivity index (χ1v) is 10.9. The van der Waals surface area contributed by atoms with Crippen molar-refractivity contribution < 1.29 is 32.2 Å². The van der Waals surface area contributed by atoms with Gasteiger partial charge >= 0.3 is 11.9 Å². The summed E-state index contributed by atoms with van der Waals surface area (Å²) in [5.74, 6) is -0.629. The van der Waals surface area contributed by atoms with Crippen molar-refractivity contribution in [2.75, 3.05) is 25.0 Å². The monoisotopic (exact) mass is 443 g/mol. The molecular weight excluding hydrogens is 422 g/mol. The number of nitrogens with one attached hydrogen (secondary N) is 1. The maximum atomic E-state index is 12.9. The highest BCUT2D eigenvalue weighted by Crippen LogP contribution is 2.33. The molecule has 0 aromatic heterocycles. The molecule has 0 aliphatic carbocycles. The van der Waals surface area contributed by atoms with E-state index in [1.165, 1.54) is 31.4 Å². The summed E-state index contributed by atoms with van der Waals surface area (Å²) in [7, 11) is -2.65. The lowest BCUT2D eigenvalue weighted by atomic mass is 10.1. The van der Waals surface area contributed by atoms with E-state index >= 15 is 0 Å². The lowest BCUT2D eigenvalue weighted by molar-refractivity contribution is -0.142. The van der Waals surface area contributed by atoms with Crippen LogP contribution in [-0.2, 0) is 24.3 Å². The van der Waals surface area contributed by atoms with Crippen LogP contribution < -0.4 is 9.46 Å². The number of hydrogen-bond acceptors (Lipinski definition) is 7. The number of esters is 2. The maximum absolute atomic E-state index is 12.9. The van der Waals surface area contributed by atoms with Crippen LogP contribution in [0.5, 0.6) is 5.75 Å². The predicted octanol–water partition coefficient (Wildman–Crippen LogP) is 3.37. The van der Waals surface area contributed by atoms with Crippen LogP contribution in [-0.4, -0.2) is 40.7 Å². The molecule has 0 heterocycles. The van der Waals surface area contributed by atoms with Gasteiger partial charge in [-0.25, -0.2) is 18.0 Å². The van der Waals surface area contributed by atoms with Gasteiger partial charge in [0.2, 0.25) is 0 Å². The molecule has 31 heavy (non-hydrogen) atoms. The summed E-state index contributed by atoms with van der Waals surface area (Å²) in [5, 5.41) is 1.22. The zero-order valence-corrected chi connectivity index (χ0v) is 17.8. The van der Waals surface area contributed by atoms with Gasteiger partial charge in [-0.3, -0.25) is 4.72 Å². The van der Waals surface area contributed by atoms with E-state index in [4.69, 9.17) is 9.47 Å². The smallest absolute Gasteiger partial charge is 0.343 e. The molecule has 0 fully saturated rings. The largest absolute Gasteiger partial charge is 0.481 e. The maximum Gasteiger partial charge on any atom is 0.343 e. The SMILES string of the molecule is CCOC(=O)c1ccc(S(=O)(=O)Nc2ccc(OCC(=O)OC)c3ccccc23)cc1. The van der Waals surface area contributed by atoms with E-state index in [1.807, 2.05) is 0 Å². The van der Waals surface area contributed by atoms with Crippen molar-refractivity contribution in [3.63, 3.8) is 0 Å². The molecule has 0 aliphatic rings. The van der Waals surface area contributed by atoms with Crippen molar-refractivity contribution in [3.8, 4) is 5.75 Å². The summed E-state index contributed by atoms with van der Waals surface area (Å²) in [6, 6.07) is 15.6. The normalized spacial score (nSPS) is 11.0. The summed E-state index contributed by atoms with van der Waals surface area (Å²) < 4.78 is 43.3. The molecule has 0 saturated carbocycles. The fourth-order valence-corrected chi connectivity index (χ4v) is 3.95. The summed E-state index contributed by atoms with van der Waals surface area (Å²) in [6.45, 7) is 1.65. The molecule has 0 unspecified atom stereocenters. The lowest BCUT2D eigenvalue weighted by Gasteiger charge is -2.14. The first-order valence-electron chi connectivity index (χ1n) is 9.37. The second-order valence-corrected chi connectivity index (χ2v) is 8.05. The zero-order chi connectivity index (χ0) is 22.4. The first kappa shape index (κ1) is 22.1. The topological polar surface area (TPSA) is 108 Å². The van der Waals surface area contributed by atoms with Gasteiger partial charge in [0.05, 0.1) is 29.9 Å². The summed E-state index contributed by atoms with van der Waals surface area (Å²) in [6.07, 6.45) is 0. The van der Waals surface area contributed by atoms with Gasteiger partial charge in [0.15, 0.2) is 6.61 Å². The van der Waals surface area contributed by atoms with Gasteiger partial charge in [-0.1, -0.05) is 24.3 Å². The Labute approximate surface area is 179 Å². The van der Waals surface area contributed by atoms with E-state index in [0.717, 1.165) is 0 Å². The number of rotatable bonds is 8. The minimum atomic E-state index is -3.92. The Morgan fingerprint density at radius 1 is 0.935 bits per heavy atom. The minimum Gasteiger partial charge on any atom is -0.481 e. The van der Waals surface area contributed by atoms with Gasteiger partial charge in [-0.05, 0) is 43.3 Å². The molecule has 3 rings (SSSR count). The molecule has 0 aliphatic heterocycles.